The summed E-state index contributed by atoms with van der Waals surface area (Å²) in [6, 6.07) is 2.29. The maximum Gasteiger partial charge on any atom is 0.418 e. The van der Waals surface area contributed by atoms with Crippen molar-refractivity contribution in [2.75, 3.05) is 0 Å². The predicted molar refractivity (Wildman–Crippen MR) is 48.3 cm³/mol. The zero-order valence-corrected chi connectivity index (χ0v) is 8.06. The molecule has 1 aromatic heterocycles. The summed E-state index contributed by atoms with van der Waals surface area (Å²) in [6.45, 7) is -0.448. The van der Waals surface area contributed by atoms with Crippen LogP contribution >= 0.6 is 11.7 Å². The molecule has 1 N–H and O–H groups in total. The fourth-order valence-electron chi connectivity index (χ4n) is 1.26. The van der Waals surface area contributed by atoms with E-state index in [0.717, 1.165) is 17.8 Å². The van der Waals surface area contributed by atoms with Crippen LogP contribution < -0.4 is 0 Å². The van der Waals surface area contributed by atoms with Gasteiger partial charge in [-0.05, 0) is 17.7 Å². The van der Waals surface area contributed by atoms with E-state index < -0.39 is 18.3 Å². The van der Waals surface area contributed by atoms with Gasteiger partial charge in [-0.3, -0.25) is 0 Å². The maximum absolute atomic E-state index is 12.6. The summed E-state index contributed by atoms with van der Waals surface area (Å²) in [6.07, 6.45) is -4.47. The molecule has 0 saturated heterocycles. The van der Waals surface area contributed by atoms with Crippen molar-refractivity contribution >= 4 is 22.8 Å². The first-order chi connectivity index (χ1) is 7.02. The van der Waals surface area contributed by atoms with E-state index in [1.807, 2.05) is 0 Å². The number of aromatic nitrogens is 2. The van der Waals surface area contributed by atoms with Gasteiger partial charge >= 0.3 is 6.18 Å². The minimum absolute atomic E-state index is 0.162. The van der Waals surface area contributed by atoms with Crippen molar-refractivity contribution < 1.29 is 18.3 Å². The first kappa shape index (κ1) is 10.3. The Bertz CT molecular complexity index is 494. The Kier molecular flexibility index (Phi) is 2.35. The zero-order valence-electron chi connectivity index (χ0n) is 7.25. The van der Waals surface area contributed by atoms with E-state index in [-0.39, 0.29) is 16.6 Å². The molecule has 0 amide bonds. The van der Waals surface area contributed by atoms with Crippen LogP contribution in [-0.2, 0) is 12.8 Å². The highest BCUT2D eigenvalue weighted by Gasteiger charge is 2.34. The van der Waals surface area contributed by atoms with Crippen LogP contribution in [0.1, 0.15) is 11.1 Å². The normalized spacial score (nSPS) is 12.3. The Balaban J connectivity index is 2.74. The van der Waals surface area contributed by atoms with Gasteiger partial charge in [-0.2, -0.15) is 21.9 Å². The molecule has 0 atom stereocenters. The van der Waals surface area contributed by atoms with Crippen LogP contribution in [0.2, 0.25) is 0 Å². The van der Waals surface area contributed by atoms with Crippen molar-refractivity contribution in [3.05, 3.63) is 23.3 Å². The molecule has 0 spiro atoms. The molecule has 2 rings (SSSR count). The zero-order chi connectivity index (χ0) is 11.1. The van der Waals surface area contributed by atoms with E-state index in [4.69, 9.17) is 5.11 Å². The summed E-state index contributed by atoms with van der Waals surface area (Å²) < 4.78 is 45.0. The van der Waals surface area contributed by atoms with Crippen LogP contribution in [0.5, 0.6) is 0 Å². The van der Waals surface area contributed by atoms with Crippen LogP contribution in [0.15, 0.2) is 12.1 Å². The molecule has 0 aliphatic heterocycles. The van der Waals surface area contributed by atoms with Crippen LogP contribution in [0.3, 0.4) is 0 Å². The molecule has 15 heavy (non-hydrogen) atoms. The van der Waals surface area contributed by atoms with Gasteiger partial charge in [0, 0.05) is 0 Å². The molecule has 2 aromatic rings. The Morgan fingerprint density at radius 1 is 1.27 bits per heavy atom. The number of hydrogen-bond donors (Lipinski definition) is 1. The summed E-state index contributed by atoms with van der Waals surface area (Å²) >= 11 is 0.721. The molecule has 0 fully saturated rings. The number of hydrogen-bond acceptors (Lipinski definition) is 4. The monoisotopic (exact) mass is 234 g/mol. The summed E-state index contributed by atoms with van der Waals surface area (Å²) in [7, 11) is 0. The van der Waals surface area contributed by atoms with Gasteiger partial charge in [-0.1, -0.05) is 0 Å². The number of benzene rings is 1. The SMILES string of the molecule is OCc1cc(C(F)(F)F)c2nsnc2c1. The highest BCUT2D eigenvalue weighted by Crippen LogP contribution is 2.34. The van der Waals surface area contributed by atoms with Gasteiger partial charge < -0.3 is 5.11 Å². The van der Waals surface area contributed by atoms with Crippen LogP contribution in [0, 0.1) is 0 Å². The molecule has 7 heteroatoms. The van der Waals surface area contributed by atoms with E-state index in [9.17, 15) is 13.2 Å². The quantitative estimate of drug-likeness (QED) is 0.822. The fourth-order valence-corrected chi connectivity index (χ4v) is 1.80. The van der Waals surface area contributed by atoms with Crippen molar-refractivity contribution in [3.63, 3.8) is 0 Å². The molecule has 0 bridgehead atoms. The first-order valence-electron chi connectivity index (χ1n) is 3.95. The third kappa shape index (κ3) is 1.80. The Morgan fingerprint density at radius 2 is 2.00 bits per heavy atom. The number of fused-ring (bicyclic) bond motifs is 1. The van der Waals surface area contributed by atoms with Crippen LogP contribution in [-0.4, -0.2) is 13.9 Å². The van der Waals surface area contributed by atoms with Crippen LogP contribution in [0.4, 0.5) is 13.2 Å². The molecule has 0 aliphatic carbocycles. The van der Waals surface area contributed by atoms with E-state index in [0.29, 0.717) is 0 Å². The molecule has 3 nitrogen and oxygen atoms in total. The second-order valence-corrected chi connectivity index (χ2v) is 3.46. The topological polar surface area (TPSA) is 46.0 Å². The summed E-state index contributed by atoms with van der Waals surface area (Å²) in [5, 5.41) is 8.81. The molecule has 80 valence electrons. The molecule has 0 radical (unpaired) electrons. The van der Waals surface area contributed by atoms with Crippen molar-refractivity contribution in [3.8, 4) is 0 Å². The standard InChI is InChI=1S/C8H5F3N2OS/c9-8(10,11)5-1-4(3-14)2-6-7(5)13-15-12-6/h1-2,14H,3H2. The van der Waals surface area contributed by atoms with Crippen molar-refractivity contribution in [1.29, 1.82) is 0 Å². The first-order valence-corrected chi connectivity index (χ1v) is 4.68. The van der Waals surface area contributed by atoms with Crippen molar-refractivity contribution in [1.82, 2.24) is 8.75 Å². The fraction of sp³-hybridized carbons (Fsp3) is 0.250. The molecule has 0 saturated carbocycles. The smallest absolute Gasteiger partial charge is 0.392 e. The minimum Gasteiger partial charge on any atom is -0.392 e. The van der Waals surface area contributed by atoms with E-state index in [1.165, 1.54) is 6.07 Å². The lowest BCUT2D eigenvalue weighted by atomic mass is 10.1. The maximum atomic E-state index is 12.6. The van der Waals surface area contributed by atoms with Crippen LogP contribution in [0.25, 0.3) is 11.0 Å². The average molecular weight is 234 g/mol. The van der Waals surface area contributed by atoms with Gasteiger partial charge in [0.25, 0.3) is 0 Å². The Labute approximate surface area is 86.5 Å². The third-order valence-electron chi connectivity index (χ3n) is 1.91. The molecular formula is C8H5F3N2OS. The molecule has 1 aromatic carbocycles. The van der Waals surface area contributed by atoms with Gasteiger partial charge in [0.1, 0.15) is 11.0 Å². The molecule has 0 aliphatic rings. The van der Waals surface area contributed by atoms with Gasteiger partial charge in [0.15, 0.2) is 0 Å². The largest absolute Gasteiger partial charge is 0.418 e. The number of halogens is 3. The van der Waals surface area contributed by atoms with Gasteiger partial charge in [0.2, 0.25) is 0 Å². The van der Waals surface area contributed by atoms with E-state index in [1.54, 1.807) is 0 Å². The molecule has 1 heterocycles. The Hall–Kier alpha value is -1.21. The number of nitrogens with zero attached hydrogens (tertiary/aromatic N) is 2. The molecule has 0 unspecified atom stereocenters. The van der Waals surface area contributed by atoms with E-state index in [2.05, 4.69) is 8.75 Å². The number of aliphatic hydroxyl groups is 1. The van der Waals surface area contributed by atoms with Crippen molar-refractivity contribution in [2.45, 2.75) is 12.8 Å². The lowest BCUT2D eigenvalue weighted by Crippen LogP contribution is -2.06. The third-order valence-corrected chi connectivity index (χ3v) is 2.45. The Morgan fingerprint density at radius 3 is 2.60 bits per heavy atom. The van der Waals surface area contributed by atoms with Gasteiger partial charge in [-0.25, -0.2) is 0 Å². The summed E-state index contributed by atoms with van der Waals surface area (Å²) in [5.41, 5.74) is -0.663. The predicted octanol–water partition coefficient (Wildman–Crippen LogP) is 2.20. The van der Waals surface area contributed by atoms with Gasteiger partial charge in [-0.15, -0.1) is 0 Å². The lowest BCUT2D eigenvalue weighted by molar-refractivity contribution is -0.136. The van der Waals surface area contributed by atoms with E-state index >= 15 is 0 Å². The second kappa shape index (κ2) is 3.42. The summed E-state index contributed by atoms with van der Waals surface area (Å²) in [4.78, 5) is 0. The second-order valence-electron chi connectivity index (χ2n) is 2.93. The molecular weight excluding hydrogens is 229 g/mol. The number of rotatable bonds is 1. The lowest BCUT2D eigenvalue weighted by Gasteiger charge is -2.08. The van der Waals surface area contributed by atoms with Crippen molar-refractivity contribution in [2.24, 2.45) is 0 Å². The number of aliphatic hydroxyl groups excluding tert-OH is 1. The number of alkyl halides is 3. The highest BCUT2D eigenvalue weighted by molar-refractivity contribution is 7.00. The summed E-state index contributed by atoms with van der Waals surface area (Å²) in [5.74, 6) is 0. The average Bonchev–Trinajstić information content (AvgIpc) is 2.61. The minimum atomic E-state index is -4.47. The highest BCUT2D eigenvalue weighted by atomic mass is 32.1. The van der Waals surface area contributed by atoms with Gasteiger partial charge in [0.05, 0.1) is 23.9 Å².